The summed E-state index contributed by atoms with van der Waals surface area (Å²) in [6, 6.07) is 5.57. The molecule has 0 saturated heterocycles. The zero-order valence-corrected chi connectivity index (χ0v) is 13.9. The first-order chi connectivity index (χ1) is 10.6. The molecule has 0 fully saturated rings. The molecule has 120 valence electrons. The van der Waals surface area contributed by atoms with Crippen LogP contribution >= 0.6 is 23.2 Å². The first kappa shape index (κ1) is 17.2. The number of rotatable bonds is 8. The zero-order chi connectivity index (χ0) is 15.9. The Balaban J connectivity index is 2.05. The Labute approximate surface area is 139 Å². The first-order valence-corrected chi connectivity index (χ1v) is 7.96. The van der Waals surface area contributed by atoms with E-state index in [2.05, 4.69) is 15.0 Å². The van der Waals surface area contributed by atoms with E-state index < -0.39 is 0 Å². The van der Waals surface area contributed by atoms with Gasteiger partial charge in [0.15, 0.2) is 5.82 Å². The van der Waals surface area contributed by atoms with E-state index in [0.29, 0.717) is 41.3 Å². The molecule has 22 heavy (non-hydrogen) atoms. The maximum atomic E-state index is 9.05. The average molecular weight is 344 g/mol. The molecule has 0 atom stereocenters. The Kier molecular flexibility index (Phi) is 6.64. The molecule has 0 aliphatic heterocycles. The molecule has 1 aromatic carbocycles. The Morgan fingerprint density at radius 3 is 2.68 bits per heavy atom. The van der Waals surface area contributed by atoms with Crippen molar-refractivity contribution in [3.63, 3.8) is 0 Å². The second-order valence-electron chi connectivity index (χ2n) is 4.99. The van der Waals surface area contributed by atoms with Crippen LogP contribution in [0.1, 0.15) is 30.6 Å². The third kappa shape index (κ3) is 4.95. The lowest BCUT2D eigenvalue weighted by atomic mass is 10.2. The van der Waals surface area contributed by atoms with Gasteiger partial charge in [-0.3, -0.25) is 4.90 Å². The monoisotopic (exact) mass is 343 g/mol. The third-order valence-electron chi connectivity index (χ3n) is 3.21. The Bertz CT molecular complexity index is 604. The fourth-order valence-corrected chi connectivity index (χ4v) is 2.41. The highest BCUT2D eigenvalue weighted by molar-refractivity contribution is 6.42. The molecular weight excluding hydrogens is 325 g/mol. The lowest BCUT2D eigenvalue weighted by Gasteiger charge is -2.20. The van der Waals surface area contributed by atoms with Gasteiger partial charge in [0.1, 0.15) is 0 Å². The molecule has 1 heterocycles. The molecule has 1 aromatic heterocycles. The number of aryl methyl sites for hydroxylation is 1. The van der Waals surface area contributed by atoms with Crippen LogP contribution in [0.4, 0.5) is 0 Å². The summed E-state index contributed by atoms with van der Waals surface area (Å²) in [6.07, 6.45) is 1.42. The number of aliphatic hydroxyl groups is 1. The van der Waals surface area contributed by atoms with Gasteiger partial charge in [-0.25, -0.2) is 0 Å². The lowest BCUT2D eigenvalue weighted by molar-refractivity contribution is 0.192. The minimum absolute atomic E-state index is 0.141. The smallest absolute Gasteiger partial charge is 0.240 e. The molecular formula is C15H19Cl2N3O2. The molecule has 0 aliphatic carbocycles. The molecule has 2 rings (SSSR count). The van der Waals surface area contributed by atoms with Gasteiger partial charge in [0.05, 0.1) is 16.6 Å². The van der Waals surface area contributed by atoms with Gasteiger partial charge >= 0.3 is 0 Å². The fraction of sp³-hybridized carbons (Fsp3) is 0.467. The van der Waals surface area contributed by atoms with Crippen molar-refractivity contribution >= 4 is 23.2 Å². The van der Waals surface area contributed by atoms with Crippen LogP contribution < -0.4 is 0 Å². The van der Waals surface area contributed by atoms with Crippen molar-refractivity contribution in [3.05, 3.63) is 45.5 Å². The zero-order valence-electron chi connectivity index (χ0n) is 12.4. The highest BCUT2D eigenvalue weighted by Crippen LogP contribution is 2.23. The molecule has 2 aromatic rings. The minimum Gasteiger partial charge on any atom is -0.396 e. The second kappa shape index (κ2) is 8.48. The standard InChI is InChI=1S/C15H19Cl2N3O2/c1-2-14-18-15(22-19-14)10-20(6-3-7-21)9-11-4-5-12(16)13(17)8-11/h4-5,8,21H,2-3,6-7,9-10H2,1H3. The summed E-state index contributed by atoms with van der Waals surface area (Å²) in [4.78, 5) is 6.45. The molecule has 0 unspecified atom stereocenters. The molecule has 0 saturated carbocycles. The first-order valence-electron chi connectivity index (χ1n) is 7.21. The Hall–Kier alpha value is -1.14. The second-order valence-corrected chi connectivity index (χ2v) is 5.81. The third-order valence-corrected chi connectivity index (χ3v) is 3.95. The van der Waals surface area contributed by atoms with E-state index in [9.17, 15) is 0 Å². The molecule has 0 bridgehead atoms. The van der Waals surface area contributed by atoms with Gasteiger partial charge < -0.3 is 9.63 Å². The Morgan fingerprint density at radius 2 is 2.05 bits per heavy atom. The molecule has 0 amide bonds. The summed E-state index contributed by atoms with van der Waals surface area (Å²) in [5, 5.41) is 14.0. The predicted octanol–water partition coefficient (Wildman–Crippen LogP) is 3.32. The molecule has 1 N–H and O–H groups in total. The van der Waals surface area contributed by atoms with E-state index in [1.165, 1.54) is 0 Å². The molecule has 0 radical (unpaired) electrons. The predicted molar refractivity (Wildman–Crippen MR) is 86.0 cm³/mol. The quantitative estimate of drug-likeness (QED) is 0.796. The van der Waals surface area contributed by atoms with E-state index in [1.54, 1.807) is 6.07 Å². The van der Waals surface area contributed by atoms with Crippen molar-refractivity contribution in [2.45, 2.75) is 32.9 Å². The maximum Gasteiger partial charge on any atom is 0.240 e. The highest BCUT2D eigenvalue weighted by atomic mass is 35.5. The summed E-state index contributed by atoms with van der Waals surface area (Å²) >= 11 is 12.0. The minimum atomic E-state index is 0.141. The van der Waals surface area contributed by atoms with Crippen molar-refractivity contribution in [1.29, 1.82) is 0 Å². The number of benzene rings is 1. The van der Waals surface area contributed by atoms with E-state index in [1.807, 2.05) is 19.1 Å². The van der Waals surface area contributed by atoms with Crippen LogP contribution in [0.15, 0.2) is 22.7 Å². The lowest BCUT2D eigenvalue weighted by Crippen LogP contribution is -2.25. The van der Waals surface area contributed by atoms with Gasteiger partial charge in [0.2, 0.25) is 5.89 Å². The molecule has 5 nitrogen and oxygen atoms in total. The van der Waals surface area contributed by atoms with Crippen molar-refractivity contribution < 1.29 is 9.63 Å². The van der Waals surface area contributed by atoms with Gasteiger partial charge in [-0.05, 0) is 24.1 Å². The van der Waals surface area contributed by atoms with Crippen LogP contribution in [-0.2, 0) is 19.5 Å². The summed E-state index contributed by atoms with van der Waals surface area (Å²) in [7, 11) is 0. The molecule has 0 aliphatic rings. The van der Waals surface area contributed by atoms with Crippen molar-refractivity contribution in [1.82, 2.24) is 15.0 Å². The summed E-state index contributed by atoms with van der Waals surface area (Å²) < 4.78 is 5.23. The topological polar surface area (TPSA) is 62.4 Å². The number of aliphatic hydroxyl groups excluding tert-OH is 1. The van der Waals surface area contributed by atoms with Crippen LogP contribution in [0.3, 0.4) is 0 Å². The SMILES string of the molecule is CCc1noc(CN(CCCO)Cc2ccc(Cl)c(Cl)c2)n1. The van der Waals surface area contributed by atoms with Gasteiger partial charge in [0.25, 0.3) is 0 Å². The normalized spacial score (nSPS) is 11.3. The number of aromatic nitrogens is 2. The van der Waals surface area contributed by atoms with Crippen molar-refractivity contribution in [2.75, 3.05) is 13.2 Å². The number of halogens is 2. The van der Waals surface area contributed by atoms with Crippen LogP contribution in [0, 0.1) is 0 Å². The summed E-state index contributed by atoms with van der Waals surface area (Å²) in [5.41, 5.74) is 1.04. The highest BCUT2D eigenvalue weighted by Gasteiger charge is 2.13. The van der Waals surface area contributed by atoms with E-state index >= 15 is 0 Å². The Morgan fingerprint density at radius 1 is 1.23 bits per heavy atom. The number of hydrogen-bond donors (Lipinski definition) is 1. The van der Waals surface area contributed by atoms with E-state index in [-0.39, 0.29) is 6.61 Å². The summed E-state index contributed by atoms with van der Waals surface area (Å²) in [5.74, 6) is 1.28. The van der Waals surface area contributed by atoms with Crippen molar-refractivity contribution in [3.8, 4) is 0 Å². The van der Waals surface area contributed by atoms with Crippen molar-refractivity contribution in [2.24, 2.45) is 0 Å². The largest absolute Gasteiger partial charge is 0.396 e. The molecule has 7 heteroatoms. The van der Waals surface area contributed by atoms with Crippen LogP contribution in [-0.4, -0.2) is 33.3 Å². The fourth-order valence-electron chi connectivity index (χ4n) is 2.09. The van der Waals surface area contributed by atoms with Gasteiger partial charge in [0, 0.05) is 26.1 Å². The number of nitrogens with zero attached hydrogens (tertiary/aromatic N) is 3. The average Bonchev–Trinajstić information content (AvgIpc) is 2.96. The summed E-state index contributed by atoms with van der Waals surface area (Å²) in [6.45, 7) is 4.05. The van der Waals surface area contributed by atoms with Gasteiger partial charge in [-0.1, -0.05) is 41.3 Å². The van der Waals surface area contributed by atoms with E-state index in [4.69, 9.17) is 32.8 Å². The molecule has 0 spiro atoms. The van der Waals surface area contributed by atoms with E-state index in [0.717, 1.165) is 18.5 Å². The van der Waals surface area contributed by atoms with Crippen LogP contribution in [0.2, 0.25) is 10.0 Å². The maximum absolute atomic E-state index is 9.05. The van der Waals surface area contributed by atoms with Crippen LogP contribution in [0.25, 0.3) is 0 Å². The van der Waals surface area contributed by atoms with Gasteiger partial charge in [-0.2, -0.15) is 4.98 Å². The van der Waals surface area contributed by atoms with Gasteiger partial charge in [-0.15, -0.1) is 0 Å². The number of hydrogen-bond acceptors (Lipinski definition) is 5. The van der Waals surface area contributed by atoms with Crippen LogP contribution in [0.5, 0.6) is 0 Å².